The van der Waals surface area contributed by atoms with E-state index in [0.29, 0.717) is 16.9 Å². The summed E-state index contributed by atoms with van der Waals surface area (Å²) < 4.78 is 18.1. The number of benzene rings is 2. The van der Waals surface area contributed by atoms with Crippen molar-refractivity contribution in [2.24, 2.45) is 5.92 Å². The molecule has 8 heteroatoms. The van der Waals surface area contributed by atoms with Crippen LogP contribution < -0.4 is 20.7 Å². The van der Waals surface area contributed by atoms with Crippen molar-refractivity contribution in [3.8, 4) is 5.75 Å². The van der Waals surface area contributed by atoms with E-state index in [-0.39, 0.29) is 43.1 Å². The molecule has 0 saturated heterocycles. The molecule has 0 aliphatic heterocycles. The highest BCUT2D eigenvalue weighted by atomic mass is 19.1. The quantitative estimate of drug-likeness (QED) is 0.504. The molecule has 2 aromatic carbocycles. The summed E-state index contributed by atoms with van der Waals surface area (Å²) in [6, 6.07) is 11.7. The number of rotatable bonds is 10. The number of halogens is 1. The lowest BCUT2D eigenvalue weighted by Crippen LogP contribution is -2.50. The smallest absolute Gasteiger partial charge is 0.255 e. The lowest BCUT2D eigenvalue weighted by Gasteiger charge is -2.22. The first-order chi connectivity index (χ1) is 14.8. The van der Waals surface area contributed by atoms with E-state index in [4.69, 9.17) is 4.74 Å². The molecule has 0 spiro atoms. The van der Waals surface area contributed by atoms with Gasteiger partial charge in [-0.15, -0.1) is 0 Å². The largest absolute Gasteiger partial charge is 0.496 e. The van der Waals surface area contributed by atoms with E-state index in [0.717, 1.165) is 0 Å². The molecule has 0 aliphatic carbocycles. The average Bonchev–Trinajstić information content (AvgIpc) is 2.76. The predicted molar refractivity (Wildman–Crippen MR) is 115 cm³/mol. The number of carbonyl (C=O) groups excluding carboxylic acids is 3. The third-order valence-corrected chi connectivity index (χ3v) is 4.61. The third-order valence-electron chi connectivity index (χ3n) is 4.61. The van der Waals surface area contributed by atoms with Gasteiger partial charge in [0.15, 0.2) is 0 Å². The van der Waals surface area contributed by atoms with Crippen molar-refractivity contribution >= 4 is 17.7 Å². The van der Waals surface area contributed by atoms with Gasteiger partial charge in [-0.25, -0.2) is 4.39 Å². The summed E-state index contributed by atoms with van der Waals surface area (Å²) in [6.07, 6.45) is 0.123. The average molecular weight is 429 g/mol. The highest BCUT2D eigenvalue weighted by molar-refractivity contribution is 5.99. The number of carbonyl (C=O) groups is 3. The molecule has 0 bridgehead atoms. The molecule has 7 nitrogen and oxygen atoms in total. The standard InChI is InChI=1S/C23H28FN3O4/c1-15(2)21(27-22(29)18-6-4-5-7-19(18)31-3)23(30)26-13-12-25-20(28)14-16-8-10-17(24)11-9-16/h4-11,15,21H,12-14H2,1-3H3,(H,25,28)(H,26,30)(H,27,29). The van der Waals surface area contributed by atoms with Crippen molar-refractivity contribution in [2.75, 3.05) is 20.2 Å². The van der Waals surface area contributed by atoms with Crippen LogP contribution in [0.2, 0.25) is 0 Å². The minimum absolute atomic E-state index is 0.123. The summed E-state index contributed by atoms with van der Waals surface area (Å²) in [6.45, 7) is 4.10. The first-order valence-corrected chi connectivity index (χ1v) is 10.0. The van der Waals surface area contributed by atoms with E-state index in [1.807, 2.05) is 13.8 Å². The second-order valence-corrected chi connectivity index (χ2v) is 7.34. The Morgan fingerprint density at radius 2 is 1.61 bits per heavy atom. The van der Waals surface area contributed by atoms with Gasteiger partial charge in [-0.3, -0.25) is 14.4 Å². The van der Waals surface area contributed by atoms with Crippen LogP contribution in [0.4, 0.5) is 4.39 Å². The summed E-state index contributed by atoms with van der Waals surface area (Å²) >= 11 is 0. The van der Waals surface area contributed by atoms with E-state index in [1.165, 1.54) is 19.2 Å². The van der Waals surface area contributed by atoms with Crippen molar-refractivity contribution in [3.05, 3.63) is 65.5 Å². The number of methoxy groups -OCH3 is 1. The first kappa shape index (κ1) is 23.9. The summed E-state index contributed by atoms with van der Waals surface area (Å²) in [5.74, 6) is -1.06. The van der Waals surface area contributed by atoms with Gasteiger partial charge in [-0.2, -0.15) is 0 Å². The van der Waals surface area contributed by atoms with Gasteiger partial charge in [0.25, 0.3) is 5.91 Å². The fourth-order valence-electron chi connectivity index (χ4n) is 2.93. The van der Waals surface area contributed by atoms with Crippen LogP contribution in [0.5, 0.6) is 5.75 Å². The lowest BCUT2D eigenvalue weighted by molar-refractivity contribution is -0.124. The lowest BCUT2D eigenvalue weighted by atomic mass is 10.0. The Kier molecular flexibility index (Phi) is 8.99. The second-order valence-electron chi connectivity index (χ2n) is 7.34. The molecule has 0 saturated carbocycles. The van der Waals surface area contributed by atoms with Crippen LogP contribution in [-0.4, -0.2) is 44.0 Å². The summed E-state index contributed by atoms with van der Waals surface area (Å²) in [7, 11) is 1.48. The molecule has 0 aromatic heterocycles. The fraction of sp³-hybridized carbons (Fsp3) is 0.348. The summed E-state index contributed by atoms with van der Waals surface area (Å²) in [5.41, 5.74) is 1.04. The van der Waals surface area contributed by atoms with Crippen LogP contribution in [0.15, 0.2) is 48.5 Å². The highest BCUT2D eigenvalue weighted by Crippen LogP contribution is 2.17. The van der Waals surface area contributed by atoms with E-state index >= 15 is 0 Å². The van der Waals surface area contributed by atoms with Crippen LogP contribution in [0.25, 0.3) is 0 Å². The van der Waals surface area contributed by atoms with Gasteiger partial charge in [0.1, 0.15) is 17.6 Å². The Morgan fingerprint density at radius 3 is 2.26 bits per heavy atom. The third kappa shape index (κ3) is 7.40. The Hall–Kier alpha value is -3.42. The van der Waals surface area contributed by atoms with Gasteiger partial charge >= 0.3 is 0 Å². The number of nitrogens with one attached hydrogen (secondary N) is 3. The highest BCUT2D eigenvalue weighted by Gasteiger charge is 2.25. The molecule has 166 valence electrons. The van der Waals surface area contributed by atoms with E-state index in [9.17, 15) is 18.8 Å². The number of para-hydroxylation sites is 1. The molecule has 1 atom stereocenters. The van der Waals surface area contributed by atoms with Gasteiger partial charge in [-0.05, 0) is 35.7 Å². The molecule has 0 radical (unpaired) electrons. The predicted octanol–water partition coefficient (Wildman–Crippen LogP) is 2.06. The van der Waals surface area contributed by atoms with E-state index in [1.54, 1.807) is 36.4 Å². The minimum Gasteiger partial charge on any atom is -0.496 e. The van der Waals surface area contributed by atoms with Crippen molar-refractivity contribution in [3.63, 3.8) is 0 Å². The number of amides is 3. The summed E-state index contributed by atoms with van der Waals surface area (Å²) in [4.78, 5) is 37.1. The fourth-order valence-corrected chi connectivity index (χ4v) is 2.93. The molecule has 0 aliphatic rings. The van der Waals surface area contributed by atoms with Crippen molar-refractivity contribution < 1.29 is 23.5 Å². The molecule has 3 amide bonds. The maximum atomic E-state index is 12.9. The molecule has 2 rings (SSSR count). The maximum Gasteiger partial charge on any atom is 0.255 e. The van der Waals surface area contributed by atoms with Gasteiger partial charge in [0, 0.05) is 13.1 Å². The Morgan fingerprint density at radius 1 is 0.968 bits per heavy atom. The van der Waals surface area contributed by atoms with Gasteiger partial charge in [0.2, 0.25) is 11.8 Å². The minimum atomic E-state index is -0.743. The molecular weight excluding hydrogens is 401 g/mol. The zero-order valence-electron chi connectivity index (χ0n) is 17.9. The molecule has 0 fully saturated rings. The molecule has 2 aromatic rings. The molecule has 3 N–H and O–H groups in total. The van der Waals surface area contributed by atoms with Crippen molar-refractivity contribution in [2.45, 2.75) is 26.3 Å². The molecular formula is C23H28FN3O4. The number of hydrogen-bond donors (Lipinski definition) is 3. The Bertz CT molecular complexity index is 900. The van der Waals surface area contributed by atoms with E-state index < -0.39 is 11.9 Å². The van der Waals surface area contributed by atoms with Gasteiger partial charge in [0.05, 0.1) is 19.1 Å². The maximum absolute atomic E-state index is 12.9. The second kappa shape index (κ2) is 11.7. The molecule has 0 heterocycles. The Balaban J connectivity index is 1.82. The number of hydrogen-bond acceptors (Lipinski definition) is 4. The van der Waals surface area contributed by atoms with Crippen LogP contribution >= 0.6 is 0 Å². The molecule has 1 unspecified atom stereocenters. The monoisotopic (exact) mass is 429 g/mol. The van der Waals surface area contributed by atoms with Crippen molar-refractivity contribution in [1.82, 2.24) is 16.0 Å². The Labute approximate surface area is 181 Å². The van der Waals surface area contributed by atoms with Gasteiger partial charge in [-0.1, -0.05) is 38.1 Å². The first-order valence-electron chi connectivity index (χ1n) is 10.0. The SMILES string of the molecule is COc1ccccc1C(=O)NC(C(=O)NCCNC(=O)Cc1ccc(F)cc1)C(C)C. The van der Waals surface area contributed by atoms with Crippen LogP contribution in [-0.2, 0) is 16.0 Å². The van der Waals surface area contributed by atoms with Crippen LogP contribution in [0, 0.1) is 11.7 Å². The zero-order chi connectivity index (χ0) is 22.8. The summed E-state index contributed by atoms with van der Waals surface area (Å²) in [5, 5.41) is 8.17. The van der Waals surface area contributed by atoms with Gasteiger partial charge < -0.3 is 20.7 Å². The number of ether oxygens (including phenoxy) is 1. The van der Waals surface area contributed by atoms with E-state index in [2.05, 4.69) is 16.0 Å². The molecule has 31 heavy (non-hydrogen) atoms. The van der Waals surface area contributed by atoms with Crippen LogP contribution in [0.1, 0.15) is 29.8 Å². The topological polar surface area (TPSA) is 96.5 Å². The zero-order valence-corrected chi connectivity index (χ0v) is 17.9. The normalized spacial score (nSPS) is 11.5. The van der Waals surface area contributed by atoms with Crippen LogP contribution in [0.3, 0.4) is 0 Å². The van der Waals surface area contributed by atoms with Crippen molar-refractivity contribution in [1.29, 1.82) is 0 Å².